The van der Waals surface area contributed by atoms with Gasteiger partial charge in [-0.05, 0) is 65.6 Å². The summed E-state index contributed by atoms with van der Waals surface area (Å²) in [6, 6.07) is 21.2. The Labute approximate surface area is 186 Å². The number of hydrogen-bond acceptors (Lipinski definition) is 5. The van der Waals surface area contributed by atoms with Crippen LogP contribution in [0, 0.1) is 0 Å². The van der Waals surface area contributed by atoms with Gasteiger partial charge in [0.25, 0.3) is 0 Å². The Bertz CT molecular complexity index is 1300. The lowest BCUT2D eigenvalue weighted by molar-refractivity contribution is -0.142. The molecule has 4 rings (SSSR count). The SMILES string of the molecule is CCOC(=O)Cc1ccc(OC)c(-c2ccc(-c3ccc4ncccc4c3)cc2C=O)c1. The standard InChI is InChI=1S/C27H23NO4/c1-3-32-27(30)14-18-6-11-26(31-2)24(13-18)23-9-7-19(16-22(23)17-29)20-8-10-25-21(15-20)5-4-12-28-25/h4-13,15-17H,3,14H2,1-2H3. The molecule has 0 saturated carbocycles. The van der Waals surface area contributed by atoms with Crippen molar-refractivity contribution >= 4 is 23.2 Å². The Balaban J connectivity index is 1.75. The molecule has 0 atom stereocenters. The van der Waals surface area contributed by atoms with Crippen molar-refractivity contribution in [3.8, 4) is 28.0 Å². The molecule has 0 aliphatic rings. The van der Waals surface area contributed by atoms with E-state index in [-0.39, 0.29) is 12.4 Å². The molecule has 5 nitrogen and oxygen atoms in total. The molecule has 0 saturated heterocycles. The molecule has 32 heavy (non-hydrogen) atoms. The van der Waals surface area contributed by atoms with Crippen LogP contribution in [0.15, 0.2) is 72.9 Å². The highest BCUT2D eigenvalue weighted by molar-refractivity contribution is 5.93. The van der Waals surface area contributed by atoms with E-state index in [4.69, 9.17) is 9.47 Å². The first-order valence-electron chi connectivity index (χ1n) is 10.4. The average molecular weight is 425 g/mol. The molecule has 0 amide bonds. The van der Waals surface area contributed by atoms with E-state index in [0.717, 1.165) is 45.0 Å². The van der Waals surface area contributed by atoms with E-state index >= 15 is 0 Å². The lowest BCUT2D eigenvalue weighted by Gasteiger charge is -2.14. The van der Waals surface area contributed by atoms with Crippen LogP contribution in [0.4, 0.5) is 0 Å². The number of pyridine rings is 1. The van der Waals surface area contributed by atoms with Crippen LogP contribution < -0.4 is 4.74 Å². The molecule has 0 unspecified atom stereocenters. The van der Waals surface area contributed by atoms with Crippen molar-refractivity contribution in [3.63, 3.8) is 0 Å². The molecule has 5 heteroatoms. The molecule has 4 aromatic rings. The third-order valence-electron chi connectivity index (χ3n) is 5.32. The van der Waals surface area contributed by atoms with Gasteiger partial charge in [-0.3, -0.25) is 14.6 Å². The van der Waals surface area contributed by atoms with E-state index in [1.165, 1.54) is 0 Å². The van der Waals surface area contributed by atoms with Crippen LogP contribution in [-0.2, 0) is 16.0 Å². The van der Waals surface area contributed by atoms with Crippen molar-refractivity contribution in [2.45, 2.75) is 13.3 Å². The Kier molecular flexibility index (Phi) is 6.26. The largest absolute Gasteiger partial charge is 0.496 e. The number of rotatable bonds is 7. The minimum absolute atomic E-state index is 0.157. The molecule has 0 bridgehead atoms. The summed E-state index contributed by atoms with van der Waals surface area (Å²) < 4.78 is 10.6. The number of ether oxygens (including phenoxy) is 2. The minimum atomic E-state index is -0.291. The summed E-state index contributed by atoms with van der Waals surface area (Å²) in [7, 11) is 1.59. The van der Waals surface area contributed by atoms with E-state index < -0.39 is 0 Å². The van der Waals surface area contributed by atoms with Crippen LogP contribution in [-0.4, -0.2) is 31.0 Å². The van der Waals surface area contributed by atoms with Crippen molar-refractivity contribution in [2.75, 3.05) is 13.7 Å². The third-order valence-corrected chi connectivity index (χ3v) is 5.32. The zero-order valence-corrected chi connectivity index (χ0v) is 18.0. The monoisotopic (exact) mass is 425 g/mol. The molecule has 1 heterocycles. The summed E-state index contributed by atoms with van der Waals surface area (Å²) in [5.74, 6) is 0.339. The fourth-order valence-electron chi connectivity index (χ4n) is 3.79. The smallest absolute Gasteiger partial charge is 0.310 e. The van der Waals surface area contributed by atoms with E-state index in [1.807, 2.05) is 60.7 Å². The Hall–Kier alpha value is -3.99. The van der Waals surface area contributed by atoms with Crippen molar-refractivity contribution in [1.29, 1.82) is 0 Å². The first-order valence-corrected chi connectivity index (χ1v) is 10.4. The fraction of sp³-hybridized carbons (Fsp3) is 0.148. The van der Waals surface area contributed by atoms with E-state index in [0.29, 0.717) is 17.9 Å². The van der Waals surface area contributed by atoms with Crippen LogP contribution in [0.3, 0.4) is 0 Å². The molecular formula is C27H23NO4. The number of esters is 1. The van der Waals surface area contributed by atoms with Gasteiger partial charge in [0, 0.05) is 22.7 Å². The van der Waals surface area contributed by atoms with Crippen molar-refractivity contribution in [1.82, 2.24) is 4.98 Å². The summed E-state index contributed by atoms with van der Waals surface area (Å²) in [5, 5.41) is 1.04. The molecule has 0 aliphatic carbocycles. The molecule has 0 spiro atoms. The molecule has 0 N–H and O–H groups in total. The van der Waals surface area contributed by atoms with Gasteiger partial charge in [0.1, 0.15) is 5.75 Å². The summed E-state index contributed by atoms with van der Waals surface area (Å²) in [4.78, 5) is 28.3. The van der Waals surface area contributed by atoms with Gasteiger partial charge in [-0.25, -0.2) is 0 Å². The van der Waals surface area contributed by atoms with Crippen LogP contribution in [0.5, 0.6) is 5.75 Å². The Morgan fingerprint density at radius 1 is 0.969 bits per heavy atom. The Morgan fingerprint density at radius 2 is 1.78 bits per heavy atom. The van der Waals surface area contributed by atoms with Gasteiger partial charge in [-0.2, -0.15) is 0 Å². The van der Waals surface area contributed by atoms with Crippen molar-refractivity contribution < 1.29 is 19.1 Å². The lowest BCUT2D eigenvalue weighted by atomic mass is 9.93. The van der Waals surface area contributed by atoms with Gasteiger partial charge in [0.15, 0.2) is 6.29 Å². The van der Waals surface area contributed by atoms with Crippen LogP contribution in [0.2, 0.25) is 0 Å². The Morgan fingerprint density at radius 3 is 2.56 bits per heavy atom. The molecular weight excluding hydrogens is 402 g/mol. The summed E-state index contributed by atoms with van der Waals surface area (Å²) >= 11 is 0. The molecule has 0 radical (unpaired) electrons. The van der Waals surface area contributed by atoms with Crippen LogP contribution in [0.25, 0.3) is 33.2 Å². The number of methoxy groups -OCH3 is 1. The van der Waals surface area contributed by atoms with Gasteiger partial charge in [-0.15, -0.1) is 0 Å². The fourth-order valence-corrected chi connectivity index (χ4v) is 3.79. The third kappa shape index (κ3) is 4.37. The topological polar surface area (TPSA) is 65.5 Å². The predicted molar refractivity (Wildman–Crippen MR) is 125 cm³/mol. The molecule has 0 fully saturated rings. The predicted octanol–water partition coefficient (Wildman–Crippen LogP) is 5.50. The highest BCUT2D eigenvalue weighted by Crippen LogP contribution is 2.35. The molecule has 160 valence electrons. The van der Waals surface area contributed by atoms with Crippen molar-refractivity contribution in [2.24, 2.45) is 0 Å². The first kappa shape index (κ1) is 21.2. The van der Waals surface area contributed by atoms with Gasteiger partial charge in [-0.1, -0.05) is 30.3 Å². The maximum Gasteiger partial charge on any atom is 0.310 e. The number of aldehydes is 1. The van der Waals surface area contributed by atoms with E-state index in [2.05, 4.69) is 11.1 Å². The van der Waals surface area contributed by atoms with Gasteiger partial charge in [0.05, 0.1) is 25.7 Å². The number of benzene rings is 3. The molecule has 3 aromatic carbocycles. The second-order valence-corrected chi connectivity index (χ2v) is 7.35. The highest BCUT2D eigenvalue weighted by atomic mass is 16.5. The van der Waals surface area contributed by atoms with Gasteiger partial charge in [0.2, 0.25) is 0 Å². The number of aromatic nitrogens is 1. The maximum absolute atomic E-state index is 12.0. The number of nitrogens with zero attached hydrogens (tertiary/aromatic N) is 1. The van der Waals surface area contributed by atoms with Crippen LogP contribution in [0.1, 0.15) is 22.8 Å². The second kappa shape index (κ2) is 9.43. The second-order valence-electron chi connectivity index (χ2n) is 7.35. The lowest BCUT2D eigenvalue weighted by Crippen LogP contribution is -2.07. The molecule has 1 aromatic heterocycles. The first-order chi connectivity index (χ1) is 15.6. The summed E-state index contributed by atoms with van der Waals surface area (Å²) in [5.41, 5.74) is 5.69. The summed E-state index contributed by atoms with van der Waals surface area (Å²) in [6.07, 6.45) is 2.77. The number of hydrogen-bond donors (Lipinski definition) is 0. The zero-order valence-electron chi connectivity index (χ0n) is 18.0. The van der Waals surface area contributed by atoms with Gasteiger partial charge >= 0.3 is 5.97 Å². The van der Waals surface area contributed by atoms with E-state index in [9.17, 15) is 9.59 Å². The number of fused-ring (bicyclic) bond motifs is 1. The quantitative estimate of drug-likeness (QED) is 0.289. The molecule has 0 aliphatic heterocycles. The zero-order chi connectivity index (χ0) is 22.5. The highest BCUT2D eigenvalue weighted by Gasteiger charge is 2.14. The number of carbonyl (C=O) groups excluding carboxylic acids is 2. The normalized spacial score (nSPS) is 10.7. The number of carbonyl (C=O) groups is 2. The van der Waals surface area contributed by atoms with Crippen LogP contribution >= 0.6 is 0 Å². The van der Waals surface area contributed by atoms with Crippen molar-refractivity contribution in [3.05, 3.63) is 84.1 Å². The summed E-state index contributed by atoms with van der Waals surface area (Å²) in [6.45, 7) is 2.12. The van der Waals surface area contributed by atoms with E-state index in [1.54, 1.807) is 20.2 Å². The average Bonchev–Trinajstić information content (AvgIpc) is 2.83. The minimum Gasteiger partial charge on any atom is -0.496 e. The maximum atomic E-state index is 12.0. The van der Waals surface area contributed by atoms with Gasteiger partial charge < -0.3 is 9.47 Å².